The third kappa shape index (κ3) is 3.98. The highest BCUT2D eigenvalue weighted by atomic mass is 16.5. The monoisotopic (exact) mass is 454 g/mol. The van der Waals surface area contributed by atoms with Crippen molar-refractivity contribution >= 4 is 23.6 Å². The first-order chi connectivity index (χ1) is 16.2. The normalized spacial score (nSPS) is 14.9. The molecule has 4 rings (SSSR count). The molecule has 0 fully saturated rings. The summed E-state index contributed by atoms with van der Waals surface area (Å²) < 4.78 is 7.52. The van der Waals surface area contributed by atoms with Gasteiger partial charge in [-0.05, 0) is 83.0 Å². The van der Waals surface area contributed by atoms with Crippen LogP contribution in [-0.4, -0.2) is 23.1 Å². The van der Waals surface area contributed by atoms with Crippen LogP contribution in [0.2, 0.25) is 0 Å². The van der Waals surface area contributed by atoms with Crippen molar-refractivity contribution in [2.45, 2.75) is 41.5 Å². The molecule has 2 heterocycles. The molecule has 174 valence electrons. The number of amides is 1. The lowest BCUT2D eigenvalue weighted by Crippen LogP contribution is -2.24. The fraction of sp³-hybridized carbons (Fsp3) is 0.241. The molecule has 1 aliphatic rings. The number of carbonyl (C=O) groups is 2. The van der Waals surface area contributed by atoms with Crippen molar-refractivity contribution in [2.24, 2.45) is 0 Å². The topological polar surface area (TPSA) is 51.5 Å². The van der Waals surface area contributed by atoms with Gasteiger partial charge in [-0.15, -0.1) is 0 Å². The van der Waals surface area contributed by atoms with Gasteiger partial charge in [-0.3, -0.25) is 9.69 Å². The van der Waals surface area contributed by atoms with E-state index in [2.05, 4.69) is 42.7 Å². The Balaban J connectivity index is 1.86. The molecule has 3 aromatic rings. The quantitative estimate of drug-likeness (QED) is 0.352. The standard InChI is InChI=1S/C29H30N2O3/c1-7-34-29(33)27-22(6)31(24-11-9-8-10-12-24)28(32)25(27)17-23-16-20(4)30(21(23)5)26-14-13-18(2)15-19(26)3/h8-17H,7H2,1-6H3/b25-17-. The van der Waals surface area contributed by atoms with E-state index in [4.69, 9.17) is 4.74 Å². The molecule has 0 radical (unpaired) electrons. The minimum Gasteiger partial charge on any atom is -0.462 e. The number of para-hydroxylation sites is 1. The number of aryl methyl sites for hydroxylation is 3. The Labute approximate surface area is 201 Å². The average molecular weight is 455 g/mol. The van der Waals surface area contributed by atoms with Gasteiger partial charge in [0.05, 0.1) is 17.8 Å². The number of nitrogens with zero attached hydrogens (tertiary/aromatic N) is 2. The SMILES string of the molecule is CCOC(=O)C1=C(C)N(c2ccccc2)C(=O)/C1=C\c1cc(C)n(-c2ccc(C)cc2C)c1C. The summed E-state index contributed by atoms with van der Waals surface area (Å²) >= 11 is 0. The number of esters is 1. The Hall–Kier alpha value is -3.86. The maximum Gasteiger partial charge on any atom is 0.340 e. The Bertz CT molecular complexity index is 1340. The lowest BCUT2D eigenvalue weighted by molar-refractivity contribution is -0.138. The van der Waals surface area contributed by atoms with Gasteiger partial charge in [-0.1, -0.05) is 35.9 Å². The van der Waals surface area contributed by atoms with E-state index < -0.39 is 5.97 Å². The van der Waals surface area contributed by atoms with Crippen molar-refractivity contribution in [1.82, 2.24) is 4.57 Å². The van der Waals surface area contributed by atoms with Crippen molar-refractivity contribution in [2.75, 3.05) is 11.5 Å². The van der Waals surface area contributed by atoms with E-state index in [-0.39, 0.29) is 12.5 Å². The van der Waals surface area contributed by atoms with Gasteiger partial charge < -0.3 is 9.30 Å². The van der Waals surface area contributed by atoms with E-state index in [1.807, 2.05) is 50.3 Å². The zero-order valence-electron chi connectivity index (χ0n) is 20.6. The zero-order valence-corrected chi connectivity index (χ0v) is 20.6. The van der Waals surface area contributed by atoms with E-state index in [1.54, 1.807) is 18.7 Å². The molecule has 0 saturated heterocycles. The van der Waals surface area contributed by atoms with Gasteiger partial charge in [-0.2, -0.15) is 0 Å². The van der Waals surface area contributed by atoms with Crippen LogP contribution in [-0.2, 0) is 14.3 Å². The molecular weight excluding hydrogens is 424 g/mol. The Morgan fingerprint density at radius 1 is 0.971 bits per heavy atom. The lowest BCUT2D eigenvalue weighted by Gasteiger charge is -2.17. The zero-order chi connectivity index (χ0) is 24.6. The van der Waals surface area contributed by atoms with E-state index >= 15 is 0 Å². The van der Waals surface area contributed by atoms with Crippen molar-refractivity contribution in [3.05, 3.63) is 99.5 Å². The van der Waals surface area contributed by atoms with Crippen molar-refractivity contribution in [3.8, 4) is 5.69 Å². The molecule has 0 bridgehead atoms. The number of aromatic nitrogens is 1. The third-order valence-electron chi connectivity index (χ3n) is 6.26. The summed E-state index contributed by atoms with van der Waals surface area (Å²) in [5.74, 6) is -0.718. The molecule has 2 aromatic carbocycles. The number of allylic oxidation sites excluding steroid dienone is 1. The predicted octanol–water partition coefficient (Wildman–Crippen LogP) is 5.98. The van der Waals surface area contributed by atoms with Gasteiger partial charge in [0.1, 0.15) is 0 Å². The molecule has 0 N–H and O–H groups in total. The number of hydrogen-bond donors (Lipinski definition) is 0. The summed E-state index contributed by atoms with van der Waals surface area (Å²) in [5.41, 5.74) is 8.40. The number of ether oxygens (including phenoxy) is 1. The maximum absolute atomic E-state index is 13.6. The maximum atomic E-state index is 13.6. The molecule has 0 atom stereocenters. The molecule has 5 heteroatoms. The van der Waals surface area contributed by atoms with Crippen LogP contribution in [0, 0.1) is 27.7 Å². The number of carbonyl (C=O) groups excluding carboxylic acids is 2. The van der Waals surface area contributed by atoms with Crippen molar-refractivity contribution < 1.29 is 14.3 Å². The molecule has 5 nitrogen and oxygen atoms in total. The Morgan fingerprint density at radius 3 is 2.32 bits per heavy atom. The molecule has 0 spiro atoms. The Morgan fingerprint density at radius 2 is 1.68 bits per heavy atom. The van der Waals surface area contributed by atoms with Gasteiger partial charge in [-0.25, -0.2) is 4.79 Å². The first-order valence-corrected chi connectivity index (χ1v) is 11.5. The summed E-state index contributed by atoms with van der Waals surface area (Å²) in [6, 6.07) is 17.8. The number of hydrogen-bond acceptors (Lipinski definition) is 3. The fourth-order valence-corrected chi connectivity index (χ4v) is 4.69. The van der Waals surface area contributed by atoms with Crippen LogP contribution in [0.1, 0.15) is 41.9 Å². The number of anilines is 1. The van der Waals surface area contributed by atoms with Crippen LogP contribution in [0.4, 0.5) is 5.69 Å². The molecular formula is C29H30N2O3. The second-order valence-electron chi connectivity index (χ2n) is 8.67. The molecule has 0 aliphatic carbocycles. The van der Waals surface area contributed by atoms with Crippen LogP contribution in [0.5, 0.6) is 0 Å². The molecule has 0 unspecified atom stereocenters. The smallest absolute Gasteiger partial charge is 0.340 e. The first-order valence-electron chi connectivity index (χ1n) is 11.5. The van der Waals surface area contributed by atoms with E-state index in [0.29, 0.717) is 16.8 Å². The molecule has 1 amide bonds. The van der Waals surface area contributed by atoms with Crippen molar-refractivity contribution in [1.29, 1.82) is 0 Å². The third-order valence-corrected chi connectivity index (χ3v) is 6.26. The minimum atomic E-state index is -0.485. The summed E-state index contributed by atoms with van der Waals surface area (Å²) in [5, 5.41) is 0. The van der Waals surface area contributed by atoms with Gasteiger partial charge in [0.25, 0.3) is 5.91 Å². The van der Waals surface area contributed by atoms with Gasteiger partial charge in [0.2, 0.25) is 0 Å². The largest absolute Gasteiger partial charge is 0.462 e. The average Bonchev–Trinajstić information content (AvgIpc) is 3.21. The summed E-state index contributed by atoms with van der Waals surface area (Å²) in [6.07, 6.45) is 1.82. The van der Waals surface area contributed by atoms with E-state index in [9.17, 15) is 9.59 Å². The van der Waals surface area contributed by atoms with Crippen LogP contribution >= 0.6 is 0 Å². The van der Waals surface area contributed by atoms with E-state index in [1.165, 1.54) is 11.1 Å². The second kappa shape index (κ2) is 9.18. The highest BCUT2D eigenvalue weighted by Crippen LogP contribution is 2.36. The van der Waals surface area contributed by atoms with Crippen molar-refractivity contribution in [3.63, 3.8) is 0 Å². The number of benzene rings is 2. The van der Waals surface area contributed by atoms with E-state index in [0.717, 1.165) is 28.3 Å². The van der Waals surface area contributed by atoms with Crippen LogP contribution in [0.25, 0.3) is 11.8 Å². The predicted molar refractivity (Wildman–Crippen MR) is 136 cm³/mol. The second-order valence-corrected chi connectivity index (χ2v) is 8.67. The minimum absolute atomic E-state index is 0.233. The molecule has 0 saturated carbocycles. The highest BCUT2D eigenvalue weighted by molar-refractivity contribution is 6.23. The molecule has 1 aromatic heterocycles. The lowest BCUT2D eigenvalue weighted by atomic mass is 10.0. The Kier molecular flexibility index (Phi) is 6.29. The first kappa shape index (κ1) is 23.3. The van der Waals surface area contributed by atoms with Gasteiger partial charge >= 0.3 is 5.97 Å². The highest BCUT2D eigenvalue weighted by Gasteiger charge is 2.38. The van der Waals surface area contributed by atoms with Gasteiger partial charge in [0, 0.05) is 28.5 Å². The van der Waals surface area contributed by atoms with Crippen LogP contribution in [0.3, 0.4) is 0 Å². The summed E-state index contributed by atoms with van der Waals surface area (Å²) in [7, 11) is 0. The summed E-state index contributed by atoms with van der Waals surface area (Å²) in [4.78, 5) is 28.1. The fourth-order valence-electron chi connectivity index (χ4n) is 4.69. The number of rotatable bonds is 5. The van der Waals surface area contributed by atoms with Crippen LogP contribution < -0.4 is 4.90 Å². The molecule has 34 heavy (non-hydrogen) atoms. The summed E-state index contributed by atoms with van der Waals surface area (Å²) in [6.45, 7) is 12.1. The molecule has 1 aliphatic heterocycles. The van der Waals surface area contributed by atoms with Crippen LogP contribution in [0.15, 0.2) is 71.4 Å². The van der Waals surface area contributed by atoms with Gasteiger partial charge in [0.15, 0.2) is 0 Å².